The number of para-hydroxylation sites is 1. The minimum Gasteiger partial charge on any atom is -0.325 e. The summed E-state index contributed by atoms with van der Waals surface area (Å²) in [7, 11) is -1.30. The van der Waals surface area contributed by atoms with Gasteiger partial charge in [-0.2, -0.15) is 0 Å². The number of carbonyl (C=O) groups excluding carboxylic acids is 1. The fourth-order valence-electron chi connectivity index (χ4n) is 2.64. The number of carbonyl (C=O) groups is 1. The average Bonchev–Trinajstić information content (AvgIpc) is 3.07. The molecule has 0 fully saturated rings. The lowest BCUT2D eigenvalue weighted by molar-refractivity contribution is -0.113. The molecule has 3 aromatic rings. The summed E-state index contributed by atoms with van der Waals surface area (Å²) in [5, 5.41) is 5.68. The lowest BCUT2D eigenvalue weighted by atomic mass is 10.1. The average molecular weight is 385 g/mol. The number of nitrogens with zero attached hydrogens (tertiary/aromatic N) is 1. The van der Waals surface area contributed by atoms with E-state index < -0.39 is 10.8 Å². The third-order valence-electron chi connectivity index (χ3n) is 3.92. The second kappa shape index (κ2) is 8.38. The highest BCUT2D eigenvalue weighted by molar-refractivity contribution is 7.84. The number of hydrogen-bond acceptors (Lipinski definition) is 4. The van der Waals surface area contributed by atoms with Gasteiger partial charge in [0.15, 0.2) is 0 Å². The molecule has 0 bridgehead atoms. The van der Waals surface area contributed by atoms with Gasteiger partial charge in [0.2, 0.25) is 5.91 Å². The van der Waals surface area contributed by atoms with E-state index in [2.05, 4.69) is 10.3 Å². The number of nitrogens with one attached hydrogen (secondary N) is 1. The third kappa shape index (κ3) is 4.65. The Labute approximate surface area is 159 Å². The number of hydrogen-bond donors (Lipinski definition) is 1. The van der Waals surface area contributed by atoms with E-state index in [0.717, 1.165) is 33.1 Å². The largest absolute Gasteiger partial charge is 0.325 e. The van der Waals surface area contributed by atoms with E-state index in [1.165, 1.54) is 11.3 Å². The molecule has 0 aliphatic carbocycles. The summed E-state index contributed by atoms with van der Waals surface area (Å²) < 4.78 is 12.3. The van der Waals surface area contributed by atoms with Gasteiger partial charge in [-0.1, -0.05) is 48.5 Å². The van der Waals surface area contributed by atoms with Crippen molar-refractivity contribution >= 4 is 33.7 Å². The van der Waals surface area contributed by atoms with E-state index in [1.54, 1.807) is 0 Å². The maximum absolute atomic E-state index is 12.3. The number of aromatic nitrogens is 1. The van der Waals surface area contributed by atoms with Crippen LogP contribution in [0, 0.1) is 13.8 Å². The fraction of sp³-hybridized carbons (Fsp3) is 0.200. The van der Waals surface area contributed by atoms with Crippen LogP contribution in [-0.4, -0.2) is 20.9 Å². The summed E-state index contributed by atoms with van der Waals surface area (Å²) in [4.78, 5) is 16.8. The van der Waals surface area contributed by atoms with E-state index in [-0.39, 0.29) is 17.4 Å². The minimum absolute atomic E-state index is 0.0357. The molecule has 0 saturated heterocycles. The smallest absolute Gasteiger partial charge is 0.237 e. The van der Waals surface area contributed by atoms with E-state index in [4.69, 9.17) is 0 Å². The van der Waals surface area contributed by atoms with Crippen molar-refractivity contribution in [2.45, 2.75) is 19.6 Å². The molecule has 26 heavy (non-hydrogen) atoms. The first-order valence-electron chi connectivity index (χ1n) is 8.24. The molecule has 0 unspecified atom stereocenters. The first kappa shape index (κ1) is 18.5. The maximum Gasteiger partial charge on any atom is 0.237 e. The van der Waals surface area contributed by atoms with Crippen molar-refractivity contribution in [2.24, 2.45) is 0 Å². The van der Waals surface area contributed by atoms with Crippen molar-refractivity contribution in [3.05, 3.63) is 70.7 Å². The standard InChI is InChI=1S/C20H20N2O2S2/c1-14-7-6-8-15(2)19(14)22-18(23)13-26(24)12-17-11-25-20(21-17)16-9-4-3-5-10-16/h3-11H,12-13H2,1-2H3,(H,22,23)/t26-/m1/s1. The van der Waals surface area contributed by atoms with Crippen LogP contribution in [0.1, 0.15) is 16.8 Å². The van der Waals surface area contributed by atoms with Crippen LogP contribution in [0.15, 0.2) is 53.9 Å². The monoisotopic (exact) mass is 384 g/mol. The molecule has 6 heteroatoms. The first-order chi connectivity index (χ1) is 12.5. The quantitative estimate of drug-likeness (QED) is 0.689. The molecule has 2 aromatic carbocycles. The molecule has 0 aliphatic heterocycles. The van der Waals surface area contributed by atoms with Gasteiger partial charge in [0.05, 0.1) is 11.4 Å². The topological polar surface area (TPSA) is 59.1 Å². The number of aryl methyl sites for hydroxylation is 2. The van der Waals surface area contributed by atoms with Gasteiger partial charge in [-0.3, -0.25) is 9.00 Å². The minimum atomic E-state index is -1.30. The Morgan fingerprint density at radius 2 is 1.77 bits per heavy atom. The predicted molar refractivity (Wildman–Crippen MR) is 109 cm³/mol. The van der Waals surface area contributed by atoms with E-state index in [9.17, 15) is 9.00 Å². The molecule has 3 rings (SSSR count). The second-order valence-electron chi connectivity index (χ2n) is 6.05. The Kier molecular flexibility index (Phi) is 5.96. The SMILES string of the molecule is Cc1cccc(C)c1NC(=O)C[S@](=O)Cc1csc(-c2ccccc2)n1. The first-order valence-corrected chi connectivity index (χ1v) is 10.6. The van der Waals surface area contributed by atoms with Crippen LogP contribution in [0.25, 0.3) is 10.6 Å². The fourth-order valence-corrected chi connectivity index (χ4v) is 4.51. The molecule has 134 valence electrons. The molecule has 0 spiro atoms. The molecule has 0 saturated carbocycles. The van der Waals surface area contributed by atoms with Gasteiger partial charge in [-0.05, 0) is 25.0 Å². The molecule has 1 atom stereocenters. The molecule has 1 aromatic heterocycles. The molecule has 1 amide bonds. The van der Waals surface area contributed by atoms with Crippen molar-refractivity contribution in [3.63, 3.8) is 0 Å². The van der Waals surface area contributed by atoms with Gasteiger partial charge >= 0.3 is 0 Å². The van der Waals surface area contributed by atoms with Crippen molar-refractivity contribution in [1.29, 1.82) is 0 Å². The number of rotatable bonds is 6. The number of amides is 1. The Bertz CT molecular complexity index is 916. The molecule has 0 aliphatic rings. The van der Waals surface area contributed by atoms with E-state index in [0.29, 0.717) is 0 Å². The molecule has 1 N–H and O–H groups in total. The van der Waals surface area contributed by atoms with Crippen molar-refractivity contribution < 1.29 is 9.00 Å². The van der Waals surface area contributed by atoms with Crippen molar-refractivity contribution in [2.75, 3.05) is 11.1 Å². The molecular weight excluding hydrogens is 364 g/mol. The number of benzene rings is 2. The Balaban J connectivity index is 1.59. The zero-order valence-electron chi connectivity index (χ0n) is 14.7. The maximum atomic E-state index is 12.3. The van der Waals surface area contributed by atoms with Crippen molar-refractivity contribution in [1.82, 2.24) is 4.98 Å². The highest BCUT2D eigenvalue weighted by Crippen LogP contribution is 2.24. The zero-order chi connectivity index (χ0) is 18.5. The molecular formula is C20H20N2O2S2. The van der Waals surface area contributed by atoms with Gasteiger partial charge in [0, 0.05) is 27.4 Å². The number of anilines is 1. The van der Waals surface area contributed by atoms with Crippen LogP contribution in [-0.2, 0) is 21.3 Å². The number of thiazole rings is 1. The van der Waals surface area contributed by atoms with E-state index in [1.807, 2.05) is 67.8 Å². The summed E-state index contributed by atoms with van der Waals surface area (Å²) in [5.74, 6) is 0.00871. The van der Waals surface area contributed by atoms with Crippen LogP contribution in [0.3, 0.4) is 0 Å². The zero-order valence-corrected chi connectivity index (χ0v) is 16.3. The van der Waals surface area contributed by atoms with Crippen LogP contribution < -0.4 is 5.32 Å². The van der Waals surface area contributed by atoms with Gasteiger partial charge in [-0.15, -0.1) is 11.3 Å². The summed E-state index contributed by atoms with van der Waals surface area (Å²) in [5.41, 5.74) is 4.59. The summed E-state index contributed by atoms with van der Waals surface area (Å²) >= 11 is 1.52. The Hall–Kier alpha value is -2.31. The summed E-state index contributed by atoms with van der Waals surface area (Å²) in [6, 6.07) is 15.7. The van der Waals surface area contributed by atoms with Gasteiger partial charge in [-0.25, -0.2) is 4.98 Å². The molecule has 1 heterocycles. The van der Waals surface area contributed by atoms with Crippen LogP contribution in [0.4, 0.5) is 5.69 Å². The van der Waals surface area contributed by atoms with Crippen LogP contribution in [0.2, 0.25) is 0 Å². The lowest BCUT2D eigenvalue weighted by Gasteiger charge is -2.11. The van der Waals surface area contributed by atoms with E-state index >= 15 is 0 Å². The van der Waals surface area contributed by atoms with Crippen LogP contribution >= 0.6 is 11.3 Å². The Morgan fingerprint density at radius 1 is 1.08 bits per heavy atom. The normalized spacial score (nSPS) is 11.9. The third-order valence-corrected chi connectivity index (χ3v) is 6.06. The molecule has 0 radical (unpaired) electrons. The van der Waals surface area contributed by atoms with Crippen LogP contribution in [0.5, 0.6) is 0 Å². The predicted octanol–water partition coefficient (Wildman–Crippen LogP) is 4.31. The highest BCUT2D eigenvalue weighted by atomic mass is 32.2. The second-order valence-corrected chi connectivity index (χ2v) is 8.37. The summed E-state index contributed by atoms with van der Waals surface area (Å²) in [6.07, 6.45) is 0. The van der Waals surface area contributed by atoms with Gasteiger partial charge < -0.3 is 5.32 Å². The van der Waals surface area contributed by atoms with Gasteiger partial charge in [0.25, 0.3) is 0 Å². The lowest BCUT2D eigenvalue weighted by Crippen LogP contribution is -2.21. The Morgan fingerprint density at radius 3 is 2.46 bits per heavy atom. The summed E-state index contributed by atoms with van der Waals surface area (Å²) in [6.45, 7) is 3.89. The van der Waals surface area contributed by atoms with Gasteiger partial charge in [0.1, 0.15) is 10.8 Å². The molecule has 4 nitrogen and oxygen atoms in total. The van der Waals surface area contributed by atoms with Crippen molar-refractivity contribution in [3.8, 4) is 10.6 Å². The highest BCUT2D eigenvalue weighted by Gasteiger charge is 2.13.